The maximum atomic E-state index is 11.0. The SMILES string of the molecule is COC(=O)c1cccc(C(=O)O)c1.NNC(=O)c1cccc(C(=O)O)c1.O=C(O)c1cccc(-c2nnco2)c1. The van der Waals surface area contributed by atoms with E-state index in [-0.39, 0.29) is 27.8 Å². The molecule has 0 saturated heterocycles. The van der Waals surface area contributed by atoms with Crippen LogP contribution in [0.2, 0.25) is 0 Å². The zero-order valence-electron chi connectivity index (χ0n) is 20.7. The third-order valence-corrected chi connectivity index (χ3v) is 4.75. The summed E-state index contributed by atoms with van der Waals surface area (Å²) in [5, 5.41) is 33.1. The number of aromatic carboxylic acids is 3. The summed E-state index contributed by atoms with van der Waals surface area (Å²) in [7, 11) is 1.25. The number of carbonyl (C=O) groups excluding carboxylic acids is 2. The van der Waals surface area contributed by atoms with E-state index in [9.17, 15) is 24.0 Å². The van der Waals surface area contributed by atoms with Gasteiger partial charge in [0.2, 0.25) is 12.3 Å². The molecule has 0 aliphatic rings. The molecule has 1 heterocycles. The molecule has 4 rings (SSSR count). The first-order chi connectivity index (χ1) is 19.1. The van der Waals surface area contributed by atoms with Crippen LogP contribution < -0.4 is 11.3 Å². The Hall–Kier alpha value is -5.89. The molecule has 4 aromatic rings. The number of aromatic nitrogens is 2. The van der Waals surface area contributed by atoms with Gasteiger partial charge in [0.05, 0.1) is 29.4 Å². The van der Waals surface area contributed by atoms with Crippen LogP contribution in [0, 0.1) is 0 Å². The topological polar surface area (TPSA) is 232 Å². The second-order valence-corrected chi connectivity index (χ2v) is 7.37. The van der Waals surface area contributed by atoms with Crippen molar-refractivity contribution in [3.05, 3.63) is 107 Å². The molecule has 14 heteroatoms. The van der Waals surface area contributed by atoms with Gasteiger partial charge in [0.25, 0.3) is 5.91 Å². The molecule has 0 aliphatic heterocycles. The standard InChI is InChI=1S/C9H6N2O3.C9H8O4.C8H8N2O3/c12-9(13)7-3-1-2-6(4-7)8-11-10-5-14-8;1-13-9(12)7-4-2-3-6(5-7)8(10)11;9-10-7(11)5-2-1-3-6(4-5)8(12)13/h1-5H,(H,12,13);2-5H,1H3,(H,10,11);1-4H,9H2,(H,10,11)(H,12,13). The fourth-order valence-electron chi connectivity index (χ4n) is 2.86. The van der Waals surface area contributed by atoms with Crippen molar-refractivity contribution in [1.29, 1.82) is 0 Å². The van der Waals surface area contributed by atoms with E-state index in [1.807, 2.05) is 5.43 Å². The third-order valence-electron chi connectivity index (χ3n) is 4.75. The molecular weight excluding hydrogens is 528 g/mol. The highest BCUT2D eigenvalue weighted by Gasteiger charge is 2.09. The number of carboxylic acids is 3. The average Bonchev–Trinajstić information content (AvgIpc) is 3.52. The van der Waals surface area contributed by atoms with E-state index in [2.05, 4.69) is 14.9 Å². The van der Waals surface area contributed by atoms with E-state index in [4.69, 9.17) is 25.6 Å². The molecule has 206 valence electrons. The molecule has 0 unspecified atom stereocenters. The largest absolute Gasteiger partial charge is 0.478 e. The Morgan fingerprint density at radius 1 is 0.750 bits per heavy atom. The van der Waals surface area contributed by atoms with Gasteiger partial charge in [-0.05, 0) is 54.6 Å². The highest BCUT2D eigenvalue weighted by Crippen LogP contribution is 2.17. The molecule has 0 bridgehead atoms. The molecule has 40 heavy (non-hydrogen) atoms. The molecule has 3 aromatic carbocycles. The number of hydrogen-bond acceptors (Lipinski definition) is 10. The lowest BCUT2D eigenvalue weighted by Gasteiger charge is -1.99. The number of hydrazine groups is 1. The summed E-state index contributed by atoms with van der Waals surface area (Å²) in [6, 6.07) is 17.6. The van der Waals surface area contributed by atoms with Gasteiger partial charge < -0.3 is 24.5 Å². The van der Waals surface area contributed by atoms with E-state index in [0.29, 0.717) is 11.5 Å². The molecule has 1 aromatic heterocycles. The quantitative estimate of drug-likeness (QED) is 0.101. The van der Waals surface area contributed by atoms with Crippen LogP contribution in [0.5, 0.6) is 0 Å². The molecule has 0 radical (unpaired) electrons. The van der Waals surface area contributed by atoms with Crippen molar-refractivity contribution in [2.75, 3.05) is 7.11 Å². The maximum Gasteiger partial charge on any atom is 0.337 e. The van der Waals surface area contributed by atoms with Crippen LogP contribution in [-0.2, 0) is 4.74 Å². The van der Waals surface area contributed by atoms with Crippen molar-refractivity contribution in [2.45, 2.75) is 0 Å². The number of amides is 1. The van der Waals surface area contributed by atoms with Crippen LogP contribution in [0.4, 0.5) is 0 Å². The lowest BCUT2D eigenvalue weighted by molar-refractivity contribution is 0.0598. The smallest absolute Gasteiger partial charge is 0.337 e. The first-order valence-corrected chi connectivity index (χ1v) is 10.9. The van der Waals surface area contributed by atoms with Gasteiger partial charge in [0.15, 0.2) is 0 Å². The summed E-state index contributed by atoms with van der Waals surface area (Å²) in [6.07, 6.45) is 1.20. The van der Waals surface area contributed by atoms with Crippen LogP contribution in [-0.4, -0.2) is 62.4 Å². The predicted molar refractivity (Wildman–Crippen MR) is 136 cm³/mol. The van der Waals surface area contributed by atoms with E-state index in [1.54, 1.807) is 12.1 Å². The van der Waals surface area contributed by atoms with Crippen molar-refractivity contribution in [3.63, 3.8) is 0 Å². The molecule has 14 nitrogen and oxygen atoms in total. The number of nitrogens with one attached hydrogen (secondary N) is 1. The fraction of sp³-hybridized carbons (Fsp3) is 0.0385. The normalized spacial score (nSPS) is 9.55. The summed E-state index contributed by atoms with van der Waals surface area (Å²) in [5.74, 6) is 1.03. The number of nitrogens with two attached hydrogens (primary N) is 1. The zero-order chi connectivity index (χ0) is 29.7. The number of ether oxygens (including phenoxy) is 1. The van der Waals surface area contributed by atoms with Gasteiger partial charge in [-0.1, -0.05) is 18.2 Å². The average molecular weight is 550 g/mol. The Labute approximate surface area is 225 Å². The molecular formula is C26H22N4O10. The summed E-state index contributed by atoms with van der Waals surface area (Å²) in [4.78, 5) is 53.6. The van der Waals surface area contributed by atoms with E-state index >= 15 is 0 Å². The lowest BCUT2D eigenvalue weighted by atomic mass is 10.1. The highest BCUT2D eigenvalue weighted by molar-refractivity contribution is 5.97. The second-order valence-electron chi connectivity index (χ2n) is 7.37. The molecule has 0 fully saturated rings. The van der Waals surface area contributed by atoms with Crippen LogP contribution in [0.15, 0.2) is 83.6 Å². The summed E-state index contributed by atoms with van der Waals surface area (Å²) in [6.45, 7) is 0. The van der Waals surface area contributed by atoms with Crippen molar-refractivity contribution in [3.8, 4) is 11.5 Å². The number of nitrogen functional groups attached to an aromatic ring is 1. The highest BCUT2D eigenvalue weighted by atomic mass is 16.5. The van der Waals surface area contributed by atoms with E-state index < -0.39 is 29.8 Å². The second kappa shape index (κ2) is 14.7. The monoisotopic (exact) mass is 550 g/mol. The van der Waals surface area contributed by atoms with Gasteiger partial charge in [-0.2, -0.15) is 0 Å². The molecule has 0 atom stereocenters. The van der Waals surface area contributed by atoms with E-state index in [1.165, 1.54) is 74.2 Å². The summed E-state index contributed by atoms with van der Waals surface area (Å²) in [5.41, 5.74) is 3.30. The van der Waals surface area contributed by atoms with Crippen molar-refractivity contribution >= 4 is 29.8 Å². The molecule has 0 spiro atoms. The van der Waals surface area contributed by atoms with Gasteiger partial charge in [0.1, 0.15) is 0 Å². The Bertz CT molecular complexity index is 1430. The van der Waals surface area contributed by atoms with Crippen molar-refractivity contribution in [2.24, 2.45) is 5.84 Å². The first-order valence-electron chi connectivity index (χ1n) is 10.9. The minimum atomic E-state index is -1.08. The minimum absolute atomic E-state index is 0.0566. The number of nitrogens with zero attached hydrogens (tertiary/aromatic N) is 2. The summed E-state index contributed by atoms with van der Waals surface area (Å²) >= 11 is 0. The zero-order valence-corrected chi connectivity index (χ0v) is 20.7. The molecule has 6 N–H and O–H groups in total. The summed E-state index contributed by atoms with van der Waals surface area (Å²) < 4.78 is 9.38. The first kappa shape index (κ1) is 30.3. The van der Waals surface area contributed by atoms with Crippen molar-refractivity contribution < 1.29 is 48.4 Å². The lowest BCUT2D eigenvalue weighted by Crippen LogP contribution is -2.30. The minimum Gasteiger partial charge on any atom is -0.478 e. The predicted octanol–water partition coefficient (Wildman–Crippen LogP) is 2.59. The molecule has 0 saturated carbocycles. The fourth-order valence-corrected chi connectivity index (χ4v) is 2.86. The maximum absolute atomic E-state index is 11.0. The number of carboxylic acid groups (broad SMARTS) is 3. The van der Waals surface area contributed by atoms with Gasteiger partial charge in [-0.25, -0.2) is 25.0 Å². The van der Waals surface area contributed by atoms with Crippen LogP contribution in [0.3, 0.4) is 0 Å². The number of hydrogen-bond donors (Lipinski definition) is 5. The Kier molecular flexibility index (Phi) is 11.2. The molecule has 0 aliphatic carbocycles. The number of carbonyl (C=O) groups is 5. The number of rotatable bonds is 6. The van der Waals surface area contributed by atoms with Crippen LogP contribution in [0.25, 0.3) is 11.5 Å². The van der Waals surface area contributed by atoms with Gasteiger partial charge in [-0.15, -0.1) is 10.2 Å². The Morgan fingerprint density at radius 3 is 1.70 bits per heavy atom. The van der Waals surface area contributed by atoms with Crippen LogP contribution in [0.1, 0.15) is 51.8 Å². The molecule has 1 amide bonds. The number of esters is 1. The van der Waals surface area contributed by atoms with Gasteiger partial charge in [-0.3, -0.25) is 10.2 Å². The van der Waals surface area contributed by atoms with Crippen molar-refractivity contribution in [1.82, 2.24) is 15.6 Å². The number of methoxy groups -OCH3 is 1. The van der Waals surface area contributed by atoms with E-state index in [0.717, 1.165) is 0 Å². The Morgan fingerprint density at radius 2 is 1.23 bits per heavy atom. The Balaban J connectivity index is 0.000000210. The number of benzene rings is 3. The van der Waals surface area contributed by atoms with Crippen LogP contribution >= 0.6 is 0 Å². The van der Waals surface area contributed by atoms with Gasteiger partial charge in [0, 0.05) is 11.1 Å². The third kappa shape index (κ3) is 8.89. The van der Waals surface area contributed by atoms with Gasteiger partial charge >= 0.3 is 23.9 Å².